The van der Waals surface area contributed by atoms with Gasteiger partial charge in [-0.05, 0) is 51.9 Å². The van der Waals surface area contributed by atoms with E-state index in [2.05, 4.69) is 27.8 Å². The lowest BCUT2D eigenvalue weighted by atomic mass is 10.1. The van der Waals surface area contributed by atoms with E-state index in [0.29, 0.717) is 21.5 Å². The minimum atomic E-state index is -0.550. The summed E-state index contributed by atoms with van der Waals surface area (Å²) in [6, 6.07) is 3.37. The Hall–Kier alpha value is -2.19. The predicted octanol–water partition coefficient (Wildman–Crippen LogP) is 2.28. The Bertz CT molecular complexity index is 735. The molecule has 0 bridgehead atoms. The molecule has 1 aliphatic rings. The number of ether oxygens (including phenoxy) is 2. The number of methoxy groups -OCH3 is 2. The molecule has 1 aliphatic heterocycles. The molecule has 1 aromatic carbocycles. The Morgan fingerprint density at radius 1 is 1.29 bits per heavy atom. The summed E-state index contributed by atoms with van der Waals surface area (Å²) in [5.74, 6) is 0.00216. The Balaban J connectivity index is 2.49. The van der Waals surface area contributed by atoms with Gasteiger partial charge in [0.2, 0.25) is 0 Å². The van der Waals surface area contributed by atoms with Gasteiger partial charge in [-0.2, -0.15) is 0 Å². The maximum Gasteiger partial charge on any atom is 0.265 e. The molecular weight excluding hydrogens is 396 g/mol. The lowest BCUT2D eigenvalue weighted by Gasteiger charge is -2.27. The lowest BCUT2D eigenvalue weighted by Crippen LogP contribution is -2.53. The molecule has 2 rings (SSSR count). The molecule has 0 atom stereocenters. The zero-order valence-electron chi connectivity index (χ0n) is 13.1. The summed E-state index contributed by atoms with van der Waals surface area (Å²) in [6.45, 7) is 3.79. The molecule has 1 saturated heterocycles. The smallest absolute Gasteiger partial charge is 0.265 e. The van der Waals surface area contributed by atoms with Crippen molar-refractivity contribution < 1.29 is 19.1 Å². The number of hydrogen-bond acceptors (Lipinski definition) is 5. The number of benzene rings is 1. The van der Waals surface area contributed by atoms with E-state index in [0.717, 1.165) is 0 Å². The van der Waals surface area contributed by atoms with Crippen molar-refractivity contribution in [3.63, 3.8) is 0 Å². The standard InChI is InChI=1S/C16H15BrN2O4S/c1-4-5-19-15(21)10(14(20)18-16(19)24)6-9-7-11(22-2)13(17)12(8-9)23-3/h4,6-8H,1,5H2,2-3H3,(H,18,20,24)/b10-6+. The Morgan fingerprint density at radius 3 is 2.38 bits per heavy atom. The number of carbonyl (C=O) groups excluding carboxylic acids is 2. The topological polar surface area (TPSA) is 67.9 Å². The Labute approximate surface area is 153 Å². The second-order valence-corrected chi connectivity index (χ2v) is 5.94. The average molecular weight is 411 g/mol. The summed E-state index contributed by atoms with van der Waals surface area (Å²) in [5.41, 5.74) is 0.550. The normalized spacial score (nSPS) is 16.2. The number of thiocarbonyl (C=S) groups is 1. The highest BCUT2D eigenvalue weighted by Crippen LogP contribution is 2.36. The van der Waals surface area contributed by atoms with E-state index >= 15 is 0 Å². The van der Waals surface area contributed by atoms with Gasteiger partial charge in [0, 0.05) is 6.54 Å². The summed E-state index contributed by atoms with van der Waals surface area (Å²) in [6.07, 6.45) is 3.00. The molecular formula is C16H15BrN2O4S. The second-order valence-electron chi connectivity index (χ2n) is 4.76. The molecule has 0 aliphatic carbocycles. The van der Waals surface area contributed by atoms with Crippen LogP contribution in [0.4, 0.5) is 0 Å². The highest BCUT2D eigenvalue weighted by atomic mass is 79.9. The third-order valence-corrected chi connectivity index (χ3v) is 4.38. The van der Waals surface area contributed by atoms with Crippen LogP contribution >= 0.6 is 28.1 Å². The number of carbonyl (C=O) groups is 2. The molecule has 2 amide bonds. The largest absolute Gasteiger partial charge is 0.495 e. The van der Waals surface area contributed by atoms with Crippen LogP contribution in [0, 0.1) is 0 Å². The first-order chi connectivity index (χ1) is 11.4. The van der Waals surface area contributed by atoms with Crippen LogP contribution in [-0.2, 0) is 9.59 Å². The quantitative estimate of drug-likeness (QED) is 0.349. The summed E-state index contributed by atoms with van der Waals surface area (Å²) in [4.78, 5) is 25.9. The van der Waals surface area contributed by atoms with Gasteiger partial charge in [0.15, 0.2) is 5.11 Å². The SMILES string of the molecule is C=CCN1C(=O)/C(=C/c2cc(OC)c(Br)c(OC)c2)C(=O)NC1=S. The highest BCUT2D eigenvalue weighted by Gasteiger charge is 2.32. The first kappa shape index (κ1) is 18.2. The van der Waals surface area contributed by atoms with E-state index in [1.807, 2.05) is 0 Å². The van der Waals surface area contributed by atoms with Gasteiger partial charge in [0.05, 0.1) is 14.2 Å². The fourth-order valence-electron chi connectivity index (χ4n) is 2.13. The fraction of sp³-hybridized carbons (Fsp3) is 0.188. The molecule has 1 aromatic rings. The number of halogens is 1. The molecule has 1 heterocycles. The van der Waals surface area contributed by atoms with E-state index in [4.69, 9.17) is 21.7 Å². The van der Waals surface area contributed by atoms with Crippen molar-refractivity contribution in [1.29, 1.82) is 0 Å². The van der Waals surface area contributed by atoms with Gasteiger partial charge in [-0.3, -0.25) is 19.8 Å². The minimum Gasteiger partial charge on any atom is -0.495 e. The van der Waals surface area contributed by atoms with Crippen LogP contribution in [0.2, 0.25) is 0 Å². The number of rotatable bonds is 5. The maximum atomic E-state index is 12.5. The van der Waals surface area contributed by atoms with Gasteiger partial charge in [0.25, 0.3) is 11.8 Å². The van der Waals surface area contributed by atoms with Crippen LogP contribution in [0.15, 0.2) is 34.8 Å². The minimum absolute atomic E-state index is 0.0307. The molecule has 1 N–H and O–H groups in total. The fourth-order valence-corrected chi connectivity index (χ4v) is 2.93. The zero-order valence-corrected chi connectivity index (χ0v) is 15.5. The highest BCUT2D eigenvalue weighted by molar-refractivity contribution is 9.10. The number of nitrogens with zero attached hydrogens (tertiary/aromatic N) is 1. The van der Waals surface area contributed by atoms with Gasteiger partial charge < -0.3 is 9.47 Å². The first-order valence-electron chi connectivity index (χ1n) is 6.84. The summed E-state index contributed by atoms with van der Waals surface area (Å²) in [7, 11) is 3.03. The van der Waals surface area contributed by atoms with Crippen molar-refractivity contribution in [2.45, 2.75) is 0 Å². The zero-order chi connectivity index (χ0) is 17.9. The van der Waals surface area contributed by atoms with Gasteiger partial charge in [-0.25, -0.2) is 0 Å². The first-order valence-corrected chi connectivity index (χ1v) is 8.04. The van der Waals surface area contributed by atoms with Gasteiger partial charge >= 0.3 is 0 Å². The van der Waals surface area contributed by atoms with Crippen molar-refractivity contribution in [3.05, 3.63) is 40.4 Å². The predicted molar refractivity (Wildman–Crippen MR) is 97.9 cm³/mol. The van der Waals surface area contributed by atoms with Crippen molar-refractivity contribution in [2.24, 2.45) is 0 Å². The molecule has 0 spiro atoms. The van der Waals surface area contributed by atoms with E-state index in [9.17, 15) is 9.59 Å². The third-order valence-electron chi connectivity index (χ3n) is 3.28. The van der Waals surface area contributed by atoms with Crippen LogP contribution < -0.4 is 14.8 Å². The number of nitrogens with one attached hydrogen (secondary N) is 1. The second kappa shape index (κ2) is 7.59. The molecule has 24 heavy (non-hydrogen) atoms. The summed E-state index contributed by atoms with van der Waals surface area (Å²) >= 11 is 8.38. The van der Waals surface area contributed by atoms with Crippen molar-refractivity contribution in [3.8, 4) is 11.5 Å². The van der Waals surface area contributed by atoms with Crippen LogP contribution in [-0.4, -0.2) is 42.6 Å². The van der Waals surface area contributed by atoms with Crippen molar-refractivity contribution >= 4 is 51.2 Å². The van der Waals surface area contributed by atoms with Crippen molar-refractivity contribution in [1.82, 2.24) is 10.2 Å². The Kier molecular flexibility index (Phi) is 5.74. The van der Waals surface area contributed by atoms with E-state index < -0.39 is 11.8 Å². The number of hydrogen-bond donors (Lipinski definition) is 1. The molecule has 126 valence electrons. The van der Waals surface area contributed by atoms with Crippen LogP contribution in [0.1, 0.15) is 5.56 Å². The summed E-state index contributed by atoms with van der Waals surface area (Å²) in [5, 5.41) is 2.56. The van der Waals surface area contributed by atoms with Crippen LogP contribution in [0.5, 0.6) is 11.5 Å². The third kappa shape index (κ3) is 3.49. The van der Waals surface area contributed by atoms with Crippen LogP contribution in [0.25, 0.3) is 6.08 Å². The number of amides is 2. The molecule has 6 nitrogen and oxygen atoms in total. The molecule has 8 heteroatoms. The van der Waals surface area contributed by atoms with Gasteiger partial charge in [-0.1, -0.05) is 6.08 Å². The van der Waals surface area contributed by atoms with E-state index in [1.165, 1.54) is 31.3 Å². The van der Waals surface area contributed by atoms with E-state index in [-0.39, 0.29) is 17.2 Å². The molecule has 0 unspecified atom stereocenters. The van der Waals surface area contributed by atoms with E-state index in [1.54, 1.807) is 12.1 Å². The maximum absolute atomic E-state index is 12.5. The van der Waals surface area contributed by atoms with Crippen molar-refractivity contribution in [2.75, 3.05) is 20.8 Å². The lowest BCUT2D eigenvalue weighted by molar-refractivity contribution is -0.128. The molecule has 0 saturated carbocycles. The van der Waals surface area contributed by atoms with Gasteiger partial charge in [0.1, 0.15) is 21.5 Å². The molecule has 0 aromatic heterocycles. The monoisotopic (exact) mass is 410 g/mol. The molecule has 1 fully saturated rings. The average Bonchev–Trinajstić information content (AvgIpc) is 2.56. The molecule has 0 radical (unpaired) electrons. The summed E-state index contributed by atoms with van der Waals surface area (Å²) < 4.78 is 11.2. The Morgan fingerprint density at radius 2 is 1.88 bits per heavy atom. The van der Waals surface area contributed by atoms with Crippen LogP contribution in [0.3, 0.4) is 0 Å². The van der Waals surface area contributed by atoms with Gasteiger partial charge in [-0.15, -0.1) is 6.58 Å².